The lowest BCUT2D eigenvalue weighted by atomic mass is 10.2. The molecule has 0 aromatic heterocycles. The van der Waals surface area contributed by atoms with Gasteiger partial charge in [-0.3, -0.25) is 0 Å². The first-order valence-corrected chi connectivity index (χ1v) is 3.79. The second kappa shape index (κ2) is 3.87. The van der Waals surface area contributed by atoms with Gasteiger partial charge in [-0.25, -0.2) is 4.39 Å². The van der Waals surface area contributed by atoms with Crippen molar-refractivity contribution in [3.8, 4) is 5.75 Å². The van der Waals surface area contributed by atoms with Crippen molar-refractivity contribution in [2.75, 3.05) is 0 Å². The summed E-state index contributed by atoms with van der Waals surface area (Å²) in [5.41, 5.74) is 0.208. The summed E-state index contributed by atoms with van der Waals surface area (Å²) in [7, 11) is 0. The summed E-state index contributed by atoms with van der Waals surface area (Å²) in [6, 6.07) is 2.69. The van der Waals surface area contributed by atoms with E-state index in [9.17, 15) is 13.2 Å². The smallest absolute Gasteiger partial charge is 0.387 e. The van der Waals surface area contributed by atoms with Gasteiger partial charge in [-0.15, -0.1) is 0 Å². The fourth-order valence-electron chi connectivity index (χ4n) is 0.828. The Morgan fingerprint density at radius 2 is 2.00 bits per heavy atom. The Kier molecular flexibility index (Phi) is 3.03. The van der Waals surface area contributed by atoms with E-state index in [0.717, 1.165) is 0 Å². The number of ether oxygens (including phenoxy) is 1. The zero-order valence-electron chi connectivity index (χ0n) is 6.65. The SMILES string of the molecule is Cc1ccc(Cl)c(OC(F)F)c1F. The topological polar surface area (TPSA) is 9.23 Å². The van der Waals surface area contributed by atoms with E-state index < -0.39 is 18.2 Å². The van der Waals surface area contributed by atoms with Gasteiger partial charge in [-0.1, -0.05) is 17.7 Å². The maximum absolute atomic E-state index is 13.1. The van der Waals surface area contributed by atoms with Crippen LogP contribution < -0.4 is 4.74 Å². The number of benzene rings is 1. The lowest BCUT2D eigenvalue weighted by molar-refractivity contribution is -0.0521. The molecule has 1 rings (SSSR count). The third kappa shape index (κ3) is 2.28. The molecule has 0 bridgehead atoms. The van der Waals surface area contributed by atoms with Crippen LogP contribution in [0.5, 0.6) is 5.75 Å². The molecule has 0 radical (unpaired) electrons. The number of alkyl halides is 2. The van der Waals surface area contributed by atoms with Crippen molar-refractivity contribution in [1.29, 1.82) is 0 Å². The minimum Gasteiger partial charge on any atom is -0.430 e. The zero-order chi connectivity index (χ0) is 10.0. The number of hydrogen-bond acceptors (Lipinski definition) is 1. The van der Waals surface area contributed by atoms with E-state index >= 15 is 0 Å². The first-order valence-electron chi connectivity index (χ1n) is 3.41. The molecule has 0 saturated carbocycles. The van der Waals surface area contributed by atoms with E-state index in [1.165, 1.54) is 19.1 Å². The monoisotopic (exact) mass is 210 g/mol. The standard InChI is InChI=1S/C8H6ClF3O/c1-4-2-3-5(9)7(6(4)10)13-8(11)12/h2-3,8H,1H3. The summed E-state index contributed by atoms with van der Waals surface area (Å²) < 4.78 is 40.5. The van der Waals surface area contributed by atoms with Gasteiger partial charge in [-0.2, -0.15) is 8.78 Å². The fourth-order valence-corrected chi connectivity index (χ4v) is 1.02. The molecule has 0 heterocycles. The Morgan fingerprint density at radius 1 is 1.38 bits per heavy atom. The molecule has 0 N–H and O–H groups in total. The van der Waals surface area contributed by atoms with Gasteiger partial charge < -0.3 is 4.74 Å². The predicted molar refractivity (Wildman–Crippen MR) is 42.8 cm³/mol. The summed E-state index contributed by atoms with van der Waals surface area (Å²) in [5, 5.41) is -0.164. The lowest BCUT2D eigenvalue weighted by Crippen LogP contribution is -2.05. The first kappa shape index (κ1) is 10.2. The van der Waals surface area contributed by atoms with Gasteiger partial charge in [0.25, 0.3) is 0 Å². The highest BCUT2D eigenvalue weighted by atomic mass is 35.5. The minimum absolute atomic E-state index is 0.164. The maximum atomic E-state index is 13.1. The lowest BCUT2D eigenvalue weighted by Gasteiger charge is -2.08. The Morgan fingerprint density at radius 3 is 2.54 bits per heavy atom. The zero-order valence-corrected chi connectivity index (χ0v) is 7.41. The number of halogens is 4. The van der Waals surface area contributed by atoms with Crippen molar-refractivity contribution in [1.82, 2.24) is 0 Å². The summed E-state index contributed by atoms with van der Waals surface area (Å²) in [6.07, 6.45) is 0. The molecule has 0 aliphatic carbocycles. The number of rotatable bonds is 2. The van der Waals surface area contributed by atoms with Gasteiger partial charge >= 0.3 is 6.61 Å². The summed E-state index contributed by atoms with van der Waals surface area (Å²) in [4.78, 5) is 0. The van der Waals surface area contributed by atoms with Gasteiger partial charge in [-0.05, 0) is 18.6 Å². The maximum Gasteiger partial charge on any atom is 0.387 e. The second-order valence-electron chi connectivity index (χ2n) is 2.39. The van der Waals surface area contributed by atoms with Crippen LogP contribution in [-0.2, 0) is 0 Å². The summed E-state index contributed by atoms with van der Waals surface area (Å²) in [5.74, 6) is -1.45. The highest BCUT2D eigenvalue weighted by Gasteiger charge is 2.15. The molecule has 5 heteroatoms. The largest absolute Gasteiger partial charge is 0.430 e. The predicted octanol–water partition coefficient (Wildman–Crippen LogP) is 3.39. The third-order valence-corrected chi connectivity index (χ3v) is 1.75. The van der Waals surface area contributed by atoms with Crippen LogP contribution in [-0.4, -0.2) is 6.61 Å². The van der Waals surface area contributed by atoms with E-state index in [2.05, 4.69) is 4.74 Å². The molecule has 0 spiro atoms. The summed E-state index contributed by atoms with van der Waals surface area (Å²) in [6.45, 7) is -1.64. The van der Waals surface area contributed by atoms with Gasteiger partial charge in [0.1, 0.15) is 0 Å². The molecule has 72 valence electrons. The Hall–Kier alpha value is -0.900. The number of hydrogen-bond donors (Lipinski definition) is 0. The van der Waals surface area contributed by atoms with Crippen LogP contribution >= 0.6 is 11.6 Å². The van der Waals surface area contributed by atoms with Crippen LogP contribution in [0.15, 0.2) is 12.1 Å². The Labute approximate surface area is 78.1 Å². The fraction of sp³-hybridized carbons (Fsp3) is 0.250. The molecule has 1 aromatic rings. The van der Waals surface area contributed by atoms with Crippen molar-refractivity contribution in [2.45, 2.75) is 13.5 Å². The van der Waals surface area contributed by atoms with Crippen molar-refractivity contribution < 1.29 is 17.9 Å². The van der Waals surface area contributed by atoms with Crippen LogP contribution in [0.4, 0.5) is 13.2 Å². The molecule has 0 amide bonds. The second-order valence-corrected chi connectivity index (χ2v) is 2.79. The molecule has 0 aliphatic rings. The minimum atomic E-state index is -3.08. The van der Waals surface area contributed by atoms with Crippen molar-refractivity contribution in [3.05, 3.63) is 28.5 Å². The van der Waals surface area contributed by atoms with Gasteiger partial charge in [0, 0.05) is 0 Å². The van der Waals surface area contributed by atoms with Gasteiger partial charge in [0.15, 0.2) is 11.6 Å². The average Bonchev–Trinajstić information content (AvgIpc) is 2.05. The van der Waals surface area contributed by atoms with Crippen molar-refractivity contribution in [2.24, 2.45) is 0 Å². The molecule has 1 aromatic carbocycles. The van der Waals surface area contributed by atoms with Crippen LogP contribution in [0.25, 0.3) is 0 Å². The molecule has 0 saturated heterocycles. The molecule has 0 unspecified atom stereocenters. The Bertz CT molecular complexity index is 315. The molecule has 13 heavy (non-hydrogen) atoms. The van der Waals surface area contributed by atoms with Crippen molar-refractivity contribution >= 4 is 11.6 Å². The molecule has 0 fully saturated rings. The van der Waals surface area contributed by atoms with Gasteiger partial charge in [0.05, 0.1) is 5.02 Å². The Balaban J connectivity index is 3.10. The third-order valence-electron chi connectivity index (χ3n) is 1.45. The van der Waals surface area contributed by atoms with Crippen LogP contribution in [0.1, 0.15) is 5.56 Å². The molecule has 0 atom stereocenters. The molecule has 1 nitrogen and oxygen atoms in total. The van der Waals surface area contributed by atoms with E-state index in [4.69, 9.17) is 11.6 Å². The molecular weight excluding hydrogens is 205 g/mol. The highest BCUT2D eigenvalue weighted by Crippen LogP contribution is 2.30. The summed E-state index contributed by atoms with van der Waals surface area (Å²) >= 11 is 5.45. The molecule has 0 aliphatic heterocycles. The van der Waals surface area contributed by atoms with E-state index in [1.54, 1.807) is 0 Å². The normalized spacial score (nSPS) is 10.6. The van der Waals surface area contributed by atoms with Crippen LogP contribution in [0, 0.1) is 12.7 Å². The highest BCUT2D eigenvalue weighted by molar-refractivity contribution is 6.32. The van der Waals surface area contributed by atoms with E-state index in [-0.39, 0.29) is 10.6 Å². The molecular formula is C8H6ClF3O. The van der Waals surface area contributed by atoms with E-state index in [1.807, 2.05) is 0 Å². The van der Waals surface area contributed by atoms with Crippen LogP contribution in [0.2, 0.25) is 5.02 Å². The van der Waals surface area contributed by atoms with Crippen LogP contribution in [0.3, 0.4) is 0 Å². The quantitative estimate of drug-likeness (QED) is 0.727. The van der Waals surface area contributed by atoms with E-state index in [0.29, 0.717) is 0 Å². The van der Waals surface area contributed by atoms with Gasteiger partial charge in [0.2, 0.25) is 0 Å². The average molecular weight is 211 g/mol. The number of aryl methyl sites for hydroxylation is 1. The first-order chi connectivity index (χ1) is 6.02. The van der Waals surface area contributed by atoms with Crippen molar-refractivity contribution in [3.63, 3.8) is 0 Å².